The Morgan fingerprint density at radius 1 is 1.08 bits per heavy atom. The molecule has 0 fully saturated rings. The number of phenolic OH excluding ortho intramolecular Hbond substituents is 1. The van der Waals surface area contributed by atoms with Crippen LogP contribution in [0.2, 0.25) is 0 Å². The van der Waals surface area contributed by atoms with Crippen molar-refractivity contribution >= 4 is 22.5 Å². The summed E-state index contributed by atoms with van der Waals surface area (Å²) in [4.78, 5) is 25.4. The topological polar surface area (TPSA) is 91.6 Å². The summed E-state index contributed by atoms with van der Waals surface area (Å²) in [7, 11) is 0. The highest BCUT2D eigenvalue weighted by Crippen LogP contribution is 2.31. The lowest BCUT2D eigenvalue weighted by atomic mass is 9.99. The maximum atomic E-state index is 12.8. The Hall–Kier alpha value is -3.28. The summed E-state index contributed by atoms with van der Waals surface area (Å²) in [6.45, 7) is 0.520. The third kappa shape index (κ3) is 2.42. The van der Waals surface area contributed by atoms with E-state index in [1.807, 2.05) is 12.1 Å². The number of amides is 1. The third-order valence-corrected chi connectivity index (χ3v) is 4.52. The summed E-state index contributed by atoms with van der Waals surface area (Å²) in [5.41, 5.74) is 1.38. The van der Waals surface area contributed by atoms with Gasteiger partial charge in [-0.05, 0) is 48.7 Å². The van der Waals surface area contributed by atoms with Crippen LogP contribution in [0.4, 0.5) is 5.69 Å². The first-order valence-electron chi connectivity index (χ1n) is 8.04. The molecular formula is C19H16N2O4. The van der Waals surface area contributed by atoms with Crippen molar-refractivity contribution < 1.29 is 15.0 Å². The second-order valence-electron chi connectivity index (χ2n) is 6.10. The molecule has 0 atom stereocenters. The molecule has 0 unspecified atom stereocenters. The van der Waals surface area contributed by atoms with Crippen molar-refractivity contribution in [1.82, 2.24) is 4.57 Å². The van der Waals surface area contributed by atoms with E-state index in [4.69, 9.17) is 0 Å². The standard InChI is InChI=1S/C19H16N2O4/c22-13-8-6-12(7-9-13)20-18(24)15-17(23)14-5-1-3-11-4-2-10-21(16(11)14)19(15)25/h1,3,5-9,22-23H,2,4,10H2,(H,20,24). The number of benzene rings is 2. The molecule has 6 heteroatoms. The number of para-hydroxylation sites is 1. The minimum absolute atomic E-state index is 0.0728. The Morgan fingerprint density at radius 3 is 2.60 bits per heavy atom. The van der Waals surface area contributed by atoms with Gasteiger partial charge in [0.2, 0.25) is 0 Å². The van der Waals surface area contributed by atoms with Crippen molar-refractivity contribution in [3.8, 4) is 11.5 Å². The second-order valence-corrected chi connectivity index (χ2v) is 6.10. The minimum Gasteiger partial charge on any atom is -0.508 e. The van der Waals surface area contributed by atoms with E-state index in [0.717, 1.165) is 18.4 Å². The van der Waals surface area contributed by atoms with Gasteiger partial charge in [-0.3, -0.25) is 9.59 Å². The molecule has 0 saturated heterocycles. The number of carbonyl (C=O) groups excluding carboxylic acids is 1. The van der Waals surface area contributed by atoms with Crippen LogP contribution in [-0.4, -0.2) is 20.7 Å². The molecule has 3 aromatic rings. The number of hydrogen-bond acceptors (Lipinski definition) is 4. The summed E-state index contributed by atoms with van der Waals surface area (Å²) in [5.74, 6) is -0.894. The van der Waals surface area contributed by atoms with Crippen molar-refractivity contribution in [2.24, 2.45) is 0 Å². The lowest BCUT2D eigenvalue weighted by molar-refractivity contribution is 0.102. The maximum Gasteiger partial charge on any atom is 0.267 e. The Bertz CT molecular complexity index is 1050. The average molecular weight is 336 g/mol. The molecule has 1 aliphatic heterocycles. The first kappa shape index (κ1) is 15.3. The van der Waals surface area contributed by atoms with Gasteiger partial charge in [-0.25, -0.2) is 0 Å². The van der Waals surface area contributed by atoms with Gasteiger partial charge < -0.3 is 20.1 Å². The number of aromatic hydroxyl groups is 2. The number of aromatic nitrogens is 1. The lowest BCUT2D eigenvalue weighted by Gasteiger charge is -2.21. The highest BCUT2D eigenvalue weighted by atomic mass is 16.3. The van der Waals surface area contributed by atoms with E-state index in [2.05, 4.69) is 5.32 Å². The molecule has 1 aromatic heterocycles. The Labute approximate surface area is 143 Å². The van der Waals surface area contributed by atoms with Gasteiger partial charge in [-0.15, -0.1) is 0 Å². The summed E-state index contributed by atoms with van der Waals surface area (Å²) >= 11 is 0. The number of hydrogen-bond donors (Lipinski definition) is 3. The van der Waals surface area contributed by atoms with Crippen LogP contribution in [0.25, 0.3) is 10.9 Å². The minimum atomic E-state index is -0.671. The second kappa shape index (κ2) is 5.66. The van der Waals surface area contributed by atoms with Crippen molar-refractivity contribution in [1.29, 1.82) is 0 Å². The lowest BCUT2D eigenvalue weighted by Crippen LogP contribution is -2.31. The first-order chi connectivity index (χ1) is 12.1. The average Bonchev–Trinajstić information content (AvgIpc) is 2.61. The largest absolute Gasteiger partial charge is 0.508 e. The molecule has 0 bridgehead atoms. The number of carbonyl (C=O) groups is 1. The smallest absolute Gasteiger partial charge is 0.267 e. The molecular weight excluding hydrogens is 320 g/mol. The quantitative estimate of drug-likeness (QED) is 0.627. The van der Waals surface area contributed by atoms with E-state index >= 15 is 0 Å². The van der Waals surface area contributed by atoms with Gasteiger partial charge in [-0.2, -0.15) is 0 Å². The molecule has 2 aromatic carbocycles. The molecule has 0 saturated carbocycles. The number of anilines is 1. The fraction of sp³-hybridized carbons (Fsp3) is 0.158. The predicted molar refractivity (Wildman–Crippen MR) is 94.3 cm³/mol. The van der Waals surface area contributed by atoms with Crippen LogP contribution in [0.5, 0.6) is 11.5 Å². The van der Waals surface area contributed by atoms with Gasteiger partial charge in [-0.1, -0.05) is 12.1 Å². The Morgan fingerprint density at radius 2 is 1.84 bits per heavy atom. The molecule has 1 amide bonds. The maximum absolute atomic E-state index is 12.8. The number of nitrogens with zero attached hydrogens (tertiary/aromatic N) is 1. The molecule has 0 aliphatic carbocycles. The first-order valence-corrected chi connectivity index (χ1v) is 8.04. The number of pyridine rings is 1. The van der Waals surface area contributed by atoms with E-state index in [1.54, 1.807) is 10.6 Å². The highest BCUT2D eigenvalue weighted by Gasteiger charge is 2.25. The Kier molecular flexibility index (Phi) is 3.46. The Balaban J connectivity index is 1.86. The molecule has 4 rings (SSSR count). The van der Waals surface area contributed by atoms with Crippen LogP contribution in [0.1, 0.15) is 22.3 Å². The van der Waals surface area contributed by atoms with Crippen LogP contribution in [0.15, 0.2) is 47.3 Å². The molecule has 3 N–H and O–H groups in total. The van der Waals surface area contributed by atoms with Crippen molar-refractivity contribution in [2.45, 2.75) is 19.4 Å². The van der Waals surface area contributed by atoms with Crippen LogP contribution in [0.3, 0.4) is 0 Å². The predicted octanol–water partition coefficient (Wildman–Crippen LogP) is 2.61. The zero-order chi connectivity index (χ0) is 17.6. The van der Waals surface area contributed by atoms with Gasteiger partial charge in [0.25, 0.3) is 11.5 Å². The monoisotopic (exact) mass is 336 g/mol. The van der Waals surface area contributed by atoms with Gasteiger partial charge >= 0.3 is 0 Å². The van der Waals surface area contributed by atoms with Crippen LogP contribution < -0.4 is 10.9 Å². The molecule has 2 heterocycles. The van der Waals surface area contributed by atoms with Gasteiger partial charge in [0.1, 0.15) is 17.1 Å². The normalized spacial score (nSPS) is 13.0. The fourth-order valence-corrected chi connectivity index (χ4v) is 3.36. The third-order valence-electron chi connectivity index (χ3n) is 4.52. The van der Waals surface area contributed by atoms with E-state index in [9.17, 15) is 19.8 Å². The van der Waals surface area contributed by atoms with E-state index in [0.29, 0.717) is 23.1 Å². The molecule has 0 spiro atoms. The van der Waals surface area contributed by atoms with Crippen molar-refractivity contribution in [3.63, 3.8) is 0 Å². The zero-order valence-corrected chi connectivity index (χ0v) is 13.3. The summed E-state index contributed by atoms with van der Waals surface area (Å²) in [6, 6.07) is 11.4. The van der Waals surface area contributed by atoms with E-state index < -0.39 is 11.5 Å². The van der Waals surface area contributed by atoms with Crippen molar-refractivity contribution in [3.05, 3.63) is 63.9 Å². The van der Waals surface area contributed by atoms with E-state index in [1.165, 1.54) is 24.3 Å². The van der Waals surface area contributed by atoms with E-state index in [-0.39, 0.29) is 17.1 Å². The summed E-state index contributed by atoms with van der Waals surface area (Å²) in [5, 5.41) is 23.0. The summed E-state index contributed by atoms with van der Waals surface area (Å²) in [6.07, 6.45) is 1.66. The van der Waals surface area contributed by atoms with Gasteiger partial charge in [0, 0.05) is 17.6 Å². The number of aryl methyl sites for hydroxylation is 2. The van der Waals surface area contributed by atoms with Crippen molar-refractivity contribution in [2.75, 3.05) is 5.32 Å². The van der Waals surface area contributed by atoms with Gasteiger partial charge in [0.05, 0.1) is 5.52 Å². The number of rotatable bonds is 2. The van der Waals surface area contributed by atoms with Crippen LogP contribution in [0, 0.1) is 0 Å². The number of nitrogens with one attached hydrogen (secondary N) is 1. The van der Waals surface area contributed by atoms with Crippen LogP contribution >= 0.6 is 0 Å². The zero-order valence-electron chi connectivity index (χ0n) is 13.3. The molecule has 25 heavy (non-hydrogen) atoms. The molecule has 126 valence electrons. The SMILES string of the molecule is O=C(Nc1ccc(O)cc1)c1c(O)c2cccc3c2n(c1=O)CCC3. The molecule has 0 radical (unpaired) electrons. The molecule has 6 nitrogen and oxygen atoms in total. The highest BCUT2D eigenvalue weighted by molar-refractivity contribution is 6.09. The fourth-order valence-electron chi connectivity index (χ4n) is 3.36. The summed E-state index contributed by atoms with van der Waals surface area (Å²) < 4.78 is 1.57. The van der Waals surface area contributed by atoms with Crippen LogP contribution in [-0.2, 0) is 13.0 Å². The van der Waals surface area contributed by atoms with Gasteiger partial charge in [0.15, 0.2) is 0 Å². The molecule has 1 aliphatic rings. The number of phenols is 1.